The summed E-state index contributed by atoms with van der Waals surface area (Å²) in [6.07, 6.45) is 0.928. The van der Waals surface area contributed by atoms with Crippen molar-refractivity contribution in [3.8, 4) is 0 Å². The van der Waals surface area contributed by atoms with Crippen LogP contribution in [-0.2, 0) is 0 Å². The predicted molar refractivity (Wildman–Crippen MR) is 83.9 cm³/mol. The van der Waals surface area contributed by atoms with Gasteiger partial charge >= 0.3 is 0 Å². The Morgan fingerprint density at radius 3 is 2.70 bits per heavy atom. The lowest BCUT2D eigenvalue weighted by atomic mass is 10.1. The molecule has 0 spiro atoms. The summed E-state index contributed by atoms with van der Waals surface area (Å²) in [7, 11) is 0. The van der Waals surface area contributed by atoms with Crippen molar-refractivity contribution in [2.24, 2.45) is 5.73 Å². The molecular weight excluding hydrogens is 266 g/mol. The first-order valence-electron chi connectivity index (χ1n) is 6.75. The van der Waals surface area contributed by atoms with E-state index in [-0.39, 0.29) is 6.04 Å². The molecule has 102 valence electrons. The number of benzene rings is 2. The van der Waals surface area contributed by atoms with Crippen molar-refractivity contribution < 1.29 is 0 Å². The van der Waals surface area contributed by atoms with Crippen molar-refractivity contribution in [3.63, 3.8) is 0 Å². The number of fused-ring (bicyclic) bond motifs is 1. The number of rotatable bonds is 4. The van der Waals surface area contributed by atoms with Crippen molar-refractivity contribution in [1.82, 2.24) is 9.97 Å². The van der Waals surface area contributed by atoms with E-state index in [1.807, 2.05) is 36.4 Å². The number of hydrogen-bond donors (Lipinski definition) is 2. The molecule has 1 aromatic heterocycles. The second-order valence-corrected chi connectivity index (χ2v) is 5.74. The highest BCUT2D eigenvalue weighted by Crippen LogP contribution is 2.32. The van der Waals surface area contributed by atoms with Crippen molar-refractivity contribution in [2.45, 2.75) is 29.4 Å². The van der Waals surface area contributed by atoms with Crippen LogP contribution in [0.1, 0.15) is 24.9 Å². The molecule has 0 bridgehead atoms. The topological polar surface area (TPSA) is 54.7 Å². The maximum atomic E-state index is 6.18. The Labute approximate surface area is 122 Å². The maximum absolute atomic E-state index is 6.18. The summed E-state index contributed by atoms with van der Waals surface area (Å²) in [4.78, 5) is 9.11. The van der Waals surface area contributed by atoms with Crippen LogP contribution in [0.5, 0.6) is 0 Å². The van der Waals surface area contributed by atoms with E-state index in [1.54, 1.807) is 11.8 Å². The summed E-state index contributed by atoms with van der Waals surface area (Å²) in [6, 6.07) is 16.4. The quantitative estimate of drug-likeness (QED) is 0.757. The molecule has 0 saturated heterocycles. The zero-order valence-corrected chi connectivity index (χ0v) is 12.2. The van der Waals surface area contributed by atoms with Gasteiger partial charge in [0.15, 0.2) is 5.16 Å². The Balaban J connectivity index is 1.94. The molecule has 0 aliphatic heterocycles. The van der Waals surface area contributed by atoms with Crippen LogP contribution < -0.4 is 5.73 Å². The molecule has 0 saturated carbocycles. The van der Waals surface area contributed by atoms with Gasteiger partial charge in [-0.1, -0.05) is 49.0 Å². The van der Waals surface area contributed by atoms with Gasteiger partial charge in [0, 0.05) is 10.9 Å². The Bertz CT molecular complexity index is 687. The van der Waals surface area contributed by atoms with Crippen molar-refractivity contribution >= 4 is 22.8 Å². The van der Waals surface area contributed by atoms with Gasteiger partial charge in [-0.15, -0.1) is 0 Å². The van der Waals surface area contributed by atoms with Gasteiger partial charge in [0.05, 0.1) is 11.0 Å². The van der Waals surface area contributed by atoms with Crippen LogP contribution in [0.3, 0.4) is 0 Å². The lowest BCUT2D eigenvalue weighted by Crippen LogP contribution is -2.09. The van der Waals surface area contributed by atoms with Crippen molar-refractivity contribution in [3.05, 3.63) is 54.1 Å². The minimum absolute atomic E-state index is 0.0723. The van der Waals surface area contributed by atoms with E-state index in [2.05, 4.69) is 29.0 Å². The highest BCUT2D eigenvalue weighted by atomic mass is 32.2. The summed E-state index contributed by atoms with van der Waals surface area (Å²) < 4.78 is 0. The standard InChI is InChI=1S/C16H17N3S/c1-2-12(17)11-7-3-6-10-15(11)20-16-18-13-8-4-5-9-14(13)19-16/h3-10,12H,2,17H2,1H3,(H,18,19)/t12-/m1/s1. The molecule has 0 aliphatic carbocycles. The van der Waals surface area contributed by atoms with E-state index in [9.17, 15) is 0 Å². The van der Waals surface area contributed by atoms with E-state index >= 15 is 0 Å². The number of imidazole rings is 1. The summed E-state index contributed by atoms with van der Waals surface area (Å²) in [5.41, 5.74) is 9.42. The maximum Gasteiger partial charge on any atom is 0.171 e. The average Bonchev–Trinajstić information content (AvgIpc) is 2.89. The lowest BCUT2D eigenvalue weighted by molar-refractivity contribution is 0.685. The summed E-state index contributed by atoms with van der Waals surface area (Å²) in [5.74, 6) is 0. The summed E-state index contributed by atoms with van der Waals surface area (Å²) in [6.45, 7) is 2.10. The molecule has 0 radical (unpaired) electrons. The minimum atomic E-state index is 0.0723. The molecule has 3 N–H and O–H groups in total. The molecule has 3 rings (SSSR count). The van der Waals surface area contributed by atoms with Crippen LogP contribution in [-0.4, -0.2) is 9.97 Å². The van der Waals surface area contributed by atoms with Crippen LogP contribution in [0.25, 0.3) is 11.0 Å². The van der Waals surface area contributed by atoms with Crippen molar-refractivity contribution in [2.75, 3.05) is 0 Å². The predicted octanol–water partition coefficient (Wildman–Crippen LogP) is 4.12. The smallest absolute Gasteiger partial charge is 0.171 e. The number of H-pyrrole nitrogens is 1. The molecular formula is C16H17N3S. The van der Waals surface area contributed by atoms with Crippen LogP contribution in [0.2, 0.25) is 0 Å². The third-order valence-electron chi connectivity index (χ3n) is 3.33. The second kappa shape index (κ2) is 5.69. The number of hydrogen-bond acceptors (Lipinski definition) is 3. The van der Waals surface area contributed by atoms with Crippen LogP contribution >= 0.6 is 11.8 Å². The zero-order valence-electron chi connectivity index (χ0n) is 11.3. The van der Waals surface area contributed by atoms with Gasteiger partial charge < -0.3 is 10.7 Å². The molecule has 1 atom stereocenters. The van der Waals surface area contributed by atoms with E-state index in [4.69, 9.17) is 5.73 Å². The summed E-state index contributed by atoms with van der Waals surface area (Å²) in [5, 5.41) is 0.905. The van der Waals surface area contributed by atoms with Gasteiger partial charge in [0.25, 0.3) is 0 Å². The highest BCUT2D eigenvalue weighted by molar-refractivity contribution is 7.99. The van der Waals surface area contributed by atoms with E-state index < -0.39 is 0 Å². The minimum Gasteiger partial charge on any atom is -0.333 e. The van der Waals surface area contributed by atoms with Gasteiger partial charge in [-0.05, 0) is 30.2 Å². The molecule has 0 amide bonds. The molecule has 3 nitrogen and oxygen atoms in total. The van der Waals surface area contributed by atoms with Gasteiger partial charge in [-0.3, -0.25) is 0 Å². The van der Waals surface area contributed by atoms with Gasteiger partial charge in [-0.2, -0.15) is 0 Å². The van der Waals surface area contributed by atoms with Gasteiger partial charge in [0.2, 0.25) is 0 Å². The van der Waals surface area contributed by atoms with E-state index in [0.717, 1.165) is 22.6 Å². The van der Waals surface area contributed by atoms with Crippen LogP contribution in [0.4, 0.5) is 0 Å². The molecule has 0 aliphatic rings. The number of aromatic amines is 1. The monoisotopic (exact) mass is 283 g/mol. The molecule has 1 heterocycles. The summed E-state index contributed by atoms with van der Waals surface area (Å²) >= 11 is 1.64. The fourth-order valence-electron chi connectivity index (χ4n) is 2.18. The molecule has 0 unspecified atom stereocenters. The number of nitrogens with zero attached hydrogens (tertiary/aromatic N) is 1. The third-order valence-corrected chi connectivity index (χ3v) is 4.31. The SMILES string of the molecule is CC[C@@H](N)c1ccccc1Sc1nc2ccccc2[nH]1. The molecule has 20 heavy (non-hydrogen) atoms. The Hall–Kier alpha value is -1.78. The normalized spacial score (nSPS) is 12.7. The largest absolute Gasteiger partial charge is 0.333 e. The Morgan fingerprint density at radius 1 is 1.15 bits per heavy atom. The fraction of sp³-hybridized carbons (Fsp3) is 0.188. The third kappa shape index (κ3) is 2.57. The lowest BCUT2D eigenvalue weighted by Gasteiger charge is -2.13. The zero-order chi connectivity index (χ0) is 13.9. The van der Waals surface area contributed by atoms with E-state index in [1.165, 1.54) is 10.5 Å². The average molecular weight is 283 g/mol. The number of nitrogens with two attached hydrogens (primary N) is 1. The highest BCUT2D eigenvalue weighted by Gasteiger charge is 2.11. The van der Waals surface area contributed by atoms with Gasteiger partial charge in [0.1, 0.15) is 0 Å². The van der Waals surface area contributed by atoms with Crippen LogP contribution in [0, 0.1) is 0 Å². The molecule has 4 heteroatoms. The first kappa shape index (κ1) is 13.2. The van der Waals surface area contributed by atoms with Gasteiger partial charge in [-0.25, -0.2) is 4.98 Å². The van der Waals surface area contributed by atoms with E-state index in [0.29, 0.717) is 0 Å². The number of para-hydroxylation sites is 2. The first-order chi connectivity index (χ1) is 9.78. The Kier molecular flexibility index (Phi) is 3.76. The molecule has 0 fully saturated rings. The number of nitrogens with one attached hydrogen (secondary N) is 1. The molecule has 2 aromatic carbocycles. The Morgan fingerprint density at radius 2 is 1.90 bits per heavy atom. The van der Waals surface area contributed by atoms with Crippen molar-refractivity contribution in [1.29, 1.82) is 0 Å². The second-order valence-electron chi connectivity index (χ2n) is 4.71. The first-order valence-corrected chi connectivity index (χ1v) is 7.56. The van der Waals surface area contributed by atoms with Crippen LogP contribution in [0.15, 0.2) is 58.6 Å². The fourth-order valence-corrected chi connectivity index (χ4v) is 3.18. The number of aromatic nitrogens is 2. The molecule has 3 aromatic rings.